The Kier molecular flexibility index (Phi) is 11.4. The molecule has 0 aliphatic rings. The number of hydrogen-bond acceptors (Lipinski definition) is 2. The Morgan fingerprint density at radius 1 is 0.867 bits per heavy atom. The lowest BCUT2D eigenvalue weighted by atomic mass is 9.85. The molecule has 1 N–H and O–H groups in total. The standard InChI is InChI=1S/C27H52O2Si/c1-9-10-11-12-13-14-15-16-17-18-19-23(21-27(5,6)28)24-20-25(29-22-24)30(7,8)26(2,3)4/h20,22-23,28H,9-19,21H2,1-8H3. The van der Waals surface area contributed by atoms with Crippen LogP contribution < -0.4 is 5.38 Å². The van der Waals surface area contributed by atoms with Crippen LogP contribution in [0.2, 0.25) is 18.1 Å². The first-order chi connectivity index (χ1) is 13.9. The van der Waals surface area contributed by atoms with Gasteiger partial charge in [0.1, 0.15) is 8.07 Å². The van der Waals surface area contributed by atoms with E-state index in [0.717, 1.165) is 12.8 Å². The number of hydrogen-bond donors (Lipinski definition) is 1. The number of unbranched alkanes of at least 4 members (excludes halogenated alkanes) is 9. The van der Waals surface area contributed by atoms with Crippen molar-refractivity contribution < 1.29 is 9.52 Å². The van der Waals surface area contributed by atoms with Gasteiger partial charge in [-0.05, 0) is 49.3 Å². The van der Waals surface area contributed by atoms with Gasteiger partial charge in [-0.1, -0.05) is 105 Å². The summed E-state index contributed by atoms with van der Waals surface area (Å²) in [6.45, 7) is 18.0. The van der Waals surface area contributed by atoms with Crippen molar-refractivity contribution in [2.75, 3.05) is 0 Å². The molecule has 0 bridgehead atoms. The highest BCUT2D eigenvalue weighted by atomic mass is 28.3. The van der Waals surface area contributed by atoms with Gasteiger partial charge >= 0.3 is 0 Å². The van der Waals surface area contributed by atoms with Gasteiger partial charge in [-0.2, -0.15) is 0 Å². The highest BCUT2D eigenvalue weighted by molar-refractivity contribution is 6.91. The predicted octanol–water partition coefficient (Wildman–Crippen LogP) is 8.55. The van der Waals surface area contributed by atoms with Crippen molar-refractivity contribution in [2.45, 2.75) is 148 Å². The molecule has 0 saturated heterocycles. The summed E-state index contributed by atoms with van der Waals surface area (Å²) < 4.78 is 6.13. The second-order valence-corrected chi connectivity index (χ2v) is 17.0. The van der Waals surface area contributed by atoms with Crippen LogP contribution in [0.3, 0.4) is 0 Å². The Balaban J connectivity index is 2.55. The van der Waals surface area contributed by atoms with E-state index in [-0.39, 0.29) is 5.04 Å². The molecule has 0 spiro atoms. The minimum absolute atomic E-state index is 0.268. The number of furan rings is 1. The third kappa shape index (κ3) is 9.72. The summed E-state index contributed by atoms with van der Waals surface area (Å²) in [5.41, 5.74) is 0.658. The molecular formula is C27H52O2Si. The Hall–Kier alpha value is -0.543. The van der Waals surface area contributed by atoms with Gasteiger partial charge in [0, 0.05) is 0 Å². The van der Waals surface area contributed by atoms with Crippen LogP contribution in [0, 0.1) is 0 Å². The molecule has 1 heterocycles. The lowest BCUT2D eigenvalue weighted by Gasteiger charge is -2.34. The number of rotatable bonds is 15. The van der Waals surface area contributed by atoms with Gasteiger partial charge in [0.15, 0.2) is 0 Å². The molecule has 176 valence electrons. The van der Waals surface area contributed by atoms with Crippen LogP contribution in [0.15, 0.2) is 16.7 Å². The summed E-state index contributed by atoms with van der Waals surface area (Å²) in [7, 11) is -1.66. The Morgan fingerprint density at radius 2 is 1.37 bits per heavy atom. The quantitative estimate of drug-likeness (QED) is 0.221. The van der Waals surface area contributed by atoms with Gasteiger partial charge in [-0.15, -0.1) is 0 Å². The maximum absolute atomic E-state index is 10.5. The zero-order valence-corrected chi connectivity index (χ0v) is 22.6. The normalized spacial score (nSPS) is 14.3. The molecule has 0 amide bonds. The molecule has 3 heteroatoms. The van der Waals surface area contributed by atoms with E-state index in [9.17, 15) is 5.11 Å². The van der Waals surface area contributed by atoms with E-state index in [1.165, 1.54) is 75.2 Å². The van der Waals surface area contributed by atoms with E-state index in [1.54, 1.807) is 0 Å². The molecule has 1 rings (SSSR count). The first-order valence-electron chi connectivity index (χ1n) is 12.7. The molecule has 1 aromatic rings. The van der Waals surface area contributed by atoms with Crippen molar-refractivity contribution in [2.24, 2.45) is 0 Å². The zero-order chi connectivity index (χ0) is 22.8. The molecular weight excluding hydrogens is 384 g/mol. The third-order valence-corrected chi connectivity index (χ3v) is 12.5. The van der Waals surface area contributed by atoms with E-state index in [4.69, 9.17) is 4.42 Å². The molecule has 0 aliphatic heterocycles. The molecule has 1 unspecified atom stereocenters. The zero-order valence-electron chi connectivity index (χ0n) is 21.6. The van der Waals surface area contributed by atoms with E-state index < -0.39 is 13.7 Å². The van der Waals surface area contributed by atoms with E-state index in [1.807, 2.05) is 20.1 Å². The topological polar surface area (TPSA) is 33.4 Å². The minimum atomic E-state index is -1.66. The Morgan fingerprint density at radius 3 is 1.83 bits per heavy atom. The largest absolute Gasteiger partial charge is 0.474 e. The van der Waals surface area contributed by atoms with Crippen molar-refractivity contribution in [1.29, 1.82) is 0 Å². The second-order valence-electron chi connectivity index (χ2n) is 11.8. The lowest BCUT2D eigenvalue weighted by molar-refractivity contribution is 0.0615. The Bertz CT molecular complexity index is 574. The SMILES string of the molecule is CCCCCCCCCCCCC(CC(C)(C)O)c1coc([Si](C)(C)C(C)(C)C)c1. The summed E-state index contributed by atoms with van der Waals surface area (Å²) >= 11 is 0. The Labute approximate surface area is 189 Å². The highest BCUT2D eigenvalue weighted by Crippen LogP contribution is 2.37. The summed E-state index contributed by atoms with van der Waals surface area (Å²) in [6.07, 6.45) is 17.6. The first kappa shape index (κ1) is 27.5. The van der Waals surface area contributed by atoms with Crippen LogP contribution >= 0.6 is 0 Å². The molecule has 0 aromatic carbocycles. The van der Waals surface area contributed by atoms with Crippen LogP contribution in [0.25, 0.3) is 0 Å². The van der Waals surface area contributed by atoms with E-state index in [2.05, 4.69) is 46.9 Å². The fraction of sp³-hybridized carbons (Fsp3) is 0.852. The predicted molar refractivity (Wildman–Crippen MR) is 136 cm³/mol. The van der Waals surface area contributed by atoms with Crippen LogP contribution in [0.5, 0.6) is 0 Å². The molecule has 0 radical (unpaired) electrons. The second kappa shape index (κ2) is 12.5. The number of aliphatic hydroxyl groups is 1. The monoisotopic (exact) mass is 436 g/mol. The average molecular weight is 437 g/mol. The molecule has 0 aliphatic carbocycles. The van der Waals surface area contributed by atoms with Crippen LogP contribution in [-0.4, -0.2) is 18.8 Å². The maximum atomic E-state index is 10.5. The first-order valence-corrected chi connectivity index (χ1v) is 15.7. The molecule has 0 fully saturated rings. The van der Waals surface area contributed by atoms with Crippen molar-refractivity contribution in [3.05, 3.63) is 17.9 Å². The van der Waals surface area contributed by atoms with Crippen LogP contribution in [0.1, 0.15) is 130 Å². The van der Waals surface area contributed by atoms with Crippen molar-refractivity contribution in [3.63, 3.8) is 0 Å². The highest BCUT2D eigenvalue weighted by Gasteiger charge is 2.40. The van der Waals surface area contributed by atoms with Gasteiger partial charge in [0.05, 0.1) is 17.2 Å². The molecule has 1 aromatic heterocycles. The van der Waals surface area contributed by atoms with Gasteiger partial charge in [0.25, 0.3) is 0 Å². The van der Waals surface area contributed by atoms with Crippen molar-refractivity contribution in [1.82, 2.24) is 0 Å². The molecule has 30 heavy (non-hydrogen) atoms. The van der Waals surface area contributed by atoms with Crippen molar-refractivity contribution in [3.8, 4) is 0 Å². The fourth-order valence-electron chi connectivity index (χ4n) is 4.13. The third-order valence-electron chi connectivity index (χ3n) is 7.23. The smallest absolute Gasteiger partial charge is 0.131 e. The van der Waals surface area contributed by atoms with Crippen LogP contribution in [-0.2, 0) is 0 Å². The lowest BCUT2D eigenvalue weighted by Crippen LogP contribution is -2.48. The summed E-state index contributed by atoms with van der Waals surface area (Å²) in [5, 5.41) is 12.0. The summed E-state index contributed by atoms with van der Waals surface area (Å²) in [6, 6.07) is 2.32. The van der Waals surface area contributed by atoms with Gasteiger partial charge in [0.2, 0.25) is 0 Å². The minimum Gasteiger partial charge on any atom is -0.474 e. The maximum Gasteiger partial charge on any atom is 0.131 e. The fourth-order valence-corrected chi connectivity index (χ4v) is 5.75. The van der Waals surface area contributed by atoms with Crippen LogP contribution in [0.4, 0.5) is 0 Å². The molecule has 0 saturated carbocycles. The molecule has 1 atom stereocenters. The van der Waals surface area contributed by atoms with E-state index >= 15 is 0 Å². The van der Waals surface area contributed by atoms with Gasteiger partial charge in [-0.25, -0.2) is 0 Å². The summed E-state index contributed by atoms with van der Waals surface area (Å²) in [4.78, 5) is 0. The average Bonchev–Trinajstić information content (AvgIpc) is 3.11. The van der Waals surface area contributed by atoms with Crippen molar-refractivity contribution >= 4 is 13.5 Å². The molecule has 2 nitrogen and oxygen atoms in total. The summed E-state index contributed by atoms with van der Waals surface area (Å²) in [5.74, 6) is 0.390. The van der Waals surface area contributed by atoms with Gasteiger partial charge < -0.3 is 9.52 Å². The van der Waals surface area contributed by atoms with E-state index in [0.29, 0.717) is 5.92 Å². The van der Waals surface area contributed by atoms with Gasteiger partial charge in [-0.3, -0.25) is 0 Å².